The molecule has 0 saturated heterocycles. The molecule has 4 nitrogen and oxygen atoms in total. The number of nitrogens with two attached hydrogens (primary N) is 2. The second-order valence-electron chi connectivity index (χ2n) is 1.90. The molecule has 4 N–H and O–H groups in total. The minimum Gasteiger partial charge on any atom is -0.369 e. The van der Waals surface area contributed by atoms with Gasteiger partial charge in [-0.05, 0) is 6.92 Å². The van der Waals surface area contributed by atoms with Gasteiger partial charge in [0, 0.05) is 0 Å². The van der Waals surface area contributed by atoms with E-state index in [0.29, 0.717) is 0 Å². The van der Waals surface area contributed by atoms with Gasteiger partial charge in [0.05, 0.1) is 12.5 Å². The van der Waals surface area contributed by atoms with E-state index in [2.05, 4.69) is 0 Å². The summed E-state index contributed by atoms with van der Waals surface area (Å²) in [6, 6.07) is -0.586. The predicted molar refractivity (Wildman–Crippen MR) is 32.5 cm³/mol. The molecule has 0 spiro atoms. The van der Waals surface area contributed by atoms with Crippen LogP contribution in [0.3, 0.4) is 0 Å². The minimum absolute atomic E-state index is 0.252. The maximum Gasteiger partial charge on any atom is 0.224 e. The number of rotatable bonds is 3. The molecule has 0 rings (SSSR count). The minimum atomic E-state index is -0.627. The highest BCUT2D eigenvalue weighted by Gasteiger charge is 2.09. The van der Waals surface area contributed by atoms with Crippen molar-refractivity contribution in [3.63, 3.8) is 0 Å². The van der Waals surface area contributed by atoms with Crippen LogP contribution in [0.4, 0.5) is 0 Å². The molecule has 0 saturated carbocycles. The third-order valence-corrected chi connectivity index (χ3v) is 0.856. The Bertz CT molecular complexity index is 131. The first kappa shape index (κ1) is 8.10. The van der Waals surface area contributed by atoms with E-state index >= 15 is 0 Å². The van der Waals surface area contributed by atoms with Crippen LogP contribution in [0.1, 0.15) is 13.3 Å². The van der Waals surface area contributed by atoms with Gasteiger partial charge in [0.15, 0.2) is 5.78 Å². The third kappa shape index (κ3) is 3.66. The molecule has 9 heavy (non-hydrogen) atoms. The van der Waals surface area contributed by atoms with Gasteiger partial charge in [-0.25, -0.2) is 0 Å². The highest BCUT2D eigenvalue weighted by molar-refractivity contribution is 5.99. The smallest absolute Gasteiger partial charge is 0.224 e. The lowest BCUT2D eigenvalue weighted by Gasteiger charge is -1.98. The molecule has 0 radical (unpaired) electrons. The van der Waals surface area contributed by atoms with Crippen LogP contribution in [-0.4, -0.2) is 17.7 Å². The normalized spacial score (nSPS) is 12.7. The van der Waals surface area contributed by atoms with E-state index in [0.717, 1.165) is 0 Å². The van der Waals surface area contributed by atoms with Gasteiger partial charge in [0.2, 0.25) is 5.91 Å². The fourth-order valence-corrected chi connectivity index (χ4v) is 0.333. The van der Waals surface area contributed by atoms with Gasteiger partial charge in [-0.15, -0.1) is 0 Å². The number of carbonyl (C=O) groups is 2. The zero-order valence-corrected chi connectivity index (χ0v) is 5.26. The number of ketones is 1. The number of primary amides is 1. The lowest BCUT2D eigenvalue weighted by atomic mass is 10.2. The summed E-state index contributed by atoms with van der Waals surface area (Å²) in [4.78, 5) is 20.6. The van der Waals surface area contributed by atoms with Crippen molar-refractivity contribution in [3.8, 4) is 0 Å². The number of carbonyl (C=O) groups excluding carboxylic acids is 2. The van der Waals surface area contributed by atoms with Crippen molar-refractivity contribution in [2.75, 3.05) is 0 Å². The van der Waals surface area contributed by atoms with Gasteiger partial charge in [-0.2, -0.15) is 0 Å². The van der Waals surface area contributed by atoms with Crippen LogP contribution < -0.4 is 11.5 Å². The van der Waals surface area contributed by atoms with Crippen LogP contribution in [0.25, 0.3) is 0 Å². The molecule has 1 atom stereocenters. The van der Waals surface area contributed by atoms with Crippen LogP contribution in [0.5, 0.6) is 0 Å². The molecule has 1 amide bonds. The molecule has 0 aliphatic carbocycles. The number of Topliss-reactive ketones (excluding diaryl/α,β-unsaturated/α-hetero) is 1. The summed E-state index contributed by atoms with van der Waals surface area (Å²) < 4.78 is 0. The van der Waals surface area contributed by atoms with E-state index in [1.807, 2.05) is 0 Å². The van der Waals surface area contributed by atoms with Gasteiger partial charge in [-0.1, -0.05) is 0 Å². The molecule has 0 unspecified atom stereocenters. The molecule has 52 valence electrons. The molecule has 0 aliphatic heterocycles. The summed E-state index contributed by atoms with van der Waals surface area (Å²) in [5.74, 6) is -0.945. The van der Waals surface area contributed by atoms with Gasteiger partial charge in [0.25, 0.3) is 0 Å². The van der Waals surface area contributed by atoms with Gasteiger partial charge >= 0.3 is 0 Å². The average molecular weight is 130 g/mol. The SMILES string of the molecule is C[C@@H](N)C(=O)CC(N)=O. The van der Waals surface area contributed by atoms with Crippen molar-refractivity contribution >= 4 is 11.7 Å². The van der Waals surface area contributed by atoms with Crippen LogP contribution >= 0.6 is 0 Å². The Hall–Kier alpha value is -0.900. The lowest BCUT2D eigenvalue weighted by Crippen LogP contribution is -2.30. The highest BCUT2D eigenvalue weighted by Crippen LogP contribution is 1.84. The van der Waals surface area contributed by atoms with Gasteiger partial charge < -0.3 is 11.5 Å². The molecular weight excluding hydrogens is 120 g/mol. The molecule has 0 bridgehead atoms. The standard InChI is InChI=1S/C5H10N2O2/c1-3(6)4(8)2-5(7)9/h3H,2,6H2,1H3,(H2,7,9)/t3-/m1/s1. The van der Waals surface area contributed by atoms with E-state index in [1.165, 1.54) is 6.92 Å². The first-order valence-electron chi connectivity index (χ1n) is 2.60. The Kier molecular flexibility index (Phi) is 2.87. The van der Waals surface area contributed by atoms with E-state index in [9.17, 15) is 9.59 Å². The fourth-order valence-electron chi connectivity index (χ4n) is 0.333. The van der Waals surface area contributed by atoms with Crippen LogP contribution in [-0.2, 0) is 9.59 Å². The summed E-state index contributed by atoms with van der Waals surface area (Å²) in [6.07, 6.45) is -0.252. The summed E-state index contributed by atoms with van der Waals surface area (Å²) in [5.41, 5.74) is 9.84. The highest BCUT2D eigenvalue weighted by atomic mass is 16.2. The summed E-state index contributed by atoms with van der Waals surface area (Å²) >= 11 is 0. The zero-order valence-electron chi connectivity index (χ0n) is 5.26. The molecule has 0 aliphatic rings. The molecular formula is C5H10N2O2. The van der Waals surface area contributed by atoms with E-state index < -0.39 is 11.9 Å². The van der Waals surface area contributed by atoms with Crippen molar-refractivity contribution in [1.29, 1.82) is 0 Å². The lowest BCUT2D eigenvalue weighted by molar-refractivity contribution is -0.126. The second kappa shape index (κ2) is 3.19. The zero-order chi connectivity index (χ0) is 7.44. The van der Waals surface area contributed by atoms with Crippen molar-refractivity contribution in [1.82, 2.24) is 0 Å². The van der Waals surface area contributed by atoms with Crippen LogP contribution in [0, 0.1) is 0 Å². The maximum atomic E-state index is 10.5. The Morgan fingerprint density at radius 3 is 2.11 bits per heavy atom. The Morgan fingerprint density at radius 2 is 2.00 bits per heavy atom. The van der Waals surface area contributed by atoms with Gasteiger partial charge in [0.1, 0.15) is 0 Å². The molecule has 4 heteroatoms. The summed E-state index contributed by atoms with van der Waals surface area (Å²) in [7, 11) is 0. The molecule has 0 aromatic carbocycles. The predicted octanol–water partition coefficient (Wildman–Crippen LogP) is -1.22. The molecule has 0 fully saturated rings. The van der Waals surface area contributed by atoms with Crippen molar-refractivity contribution in [2.45, 2.75) is 19.4 Å². The molecule has 0 aromatic heterocycles. The van der Waals surface area contributed by atoms with Crippen LogP contribution in [0.2, 0.25) is 0 Å². The quantitative estimate of drug-likeness (QED) is 0.469. The monoisotopic (exact) mass is 130 g/mol. The van der Waals surface area contributed by atoms with Gasteiger partial charge in [-0.3, -0.25) is 9.59 Å². The maximum absolute atomic E-state index is 10.5. The largest absolute Gasteiger partial charge is 0.369 e. The summed E-state index contributed by atoms with van der Waals surface area (Å²) in [5, 5.41) is 0. The number of amides is 1. The average Bonchev–Trinajstić information content (AvgIpc) is 1.63. The Morgan fingerprint density at radius 1 is 1.56 bits per heavy atom. The first-order chi connectivity index (χ1) is 4.04. The van der Waals surface area contributed by atoms with Crippen molar-refractivity contribution < 1.29 is 9.59 Å². The Labute approximate surface area is 53.2 Å². The van der Waals surface area contributed by atoms with Crippen molar-refractivity contribution in [2.24, 2.45) is 11.5 Å². The Balaban J connectivity index is 3.64. The van der Waals surface area contributed by atoms with E-state index in [1.54, 1.807) is 0 Å². The first-order valence-corrected chi connectivity index (χ1v) is 2.60. The fraction of sp³-hybridized carbons (Fsp3) is 0.600. The third-order valence-electron chi connectivity index (χ3n) is 0.856. The molecule has 0 heterocycles. The van der Waals surface area contributed by atoms with E-state index in [4.69, 9.17) is 11.5 Å². The second-order valence-corrected chi connectivity index (χ2v) is 1.90. The van der Waals surface area contributed by atoms with Crippen LogP contribution in [0.15, 0.2) is 0 Å². The van der Waals surface area contributed by atoms with E-state index in [-0.39, 0.29) is 12.2 Å². The number of hydrogen-bond donors (Lipinski definition) is 2. The topological polar surface area (TPSA) is 86.2 Å². The molecule has 0 aromatic rings. The van der Waals surface area contributed by atoms with Crippen molar-refractivity contribution in [3.05, 3.63) is 0 Å². The number of hydrogen-bond acceptors (Lipinski definition) is 3. The summed E-state index contributed by atoms with van der Waals surface area (Å²) in [6.45, 7) is 1.52.